The van der Waals surface area contributed by atoms with Gasteiger partial charge < -0.3 is 4.90 Å². The lowest BCUT2D eigenvalue weighted by molar-refractivity contribution is 0.876. The summed E-state index contributed by atoms with van der Waals surface area (Å²) in [4.78, 5) is 3.81. The number of thioether (sulfide) groups is 1. The summed E-state index contributed by atoms with van der Waals surface area (Å²) in [5.74, 6) is 0.390. The van der Waals surface area contributed by atoms with Crippen molar-refractivity contribution in [2.75, 3.05) is 4.90 Å². The van der Waals surface area contributed by atoms with Gasteiger partial charge in [0.2, 0.25) is 0 Å². The molecule has 0 amide bonds. The van der Waals surface area contributed by atoms with E-state index in [-0.39, 0.29) is 0 Å². The van der Waals surface area contributed by atoms with Gasteiger partial charge >= 0.3 is 0 Å². The third-order valence-electron chi connectivity index (χ3n) is 11.9. The zero-order valence-corrected chi connectivity index (χ0v) is 35.7. The Morgan fingerprint density at radius 3 is 2.02 bits per heavy atom. The summed E-state index contributed by atoms with van der Waals surface area (Å²) in [6.45, 7) is 4.00. The van der Waals surface area contributed by atoms with E-state index in [4.69, 9.17) is 0 Å². The van der Waals surface area contributed by atoms with Gasteiger partial charge in [-0.3, -0.25) is 0 Å². The molecular weight excluding hydrogens is 763 g/mol. The molecule has 292 valence electrons. The van der Waals surface area contributed by atoms with Crippen molar-refractivity contribution < 1.29 is 0 Å². The van der Waals surface area contributed by atoms with Gasteiger partial charge in [-0.15, -0.1) is 23.1 Å². The monoisotopic (exact) mass is 809 g/mol. The molecule has 60 heavy (non-hydrogen) atoms. The molecule has 2 aliphatic carbocycles. The quantitative estimate of drug-likeness (QED) is 0.158. The molecule has 0 spiro atoms. The number of hydrogen-bond acceptors (Lipinski definition) is 3. The van der Waals surface area contributed by atoms with Gasteiger partial charge in [0.1, 0.15) is 0 Å². The first-order valence-corrected chi connectivity index (χ1v) is 23.1. The predicted molar refractivity (Wildman–Crippen MR) is 263 cm³/mol. The summed E-state index contributed by atoms with van der Waals surface area (Å²) in [5.41, 5.74) is 14.8. The van der Waals surface area contributed by atoms with Gasteiger partial charge in [0, 0.05) is 53.3 Å². The molecule has 1 aromatic heterocycles. The first kappa shape index (κ1) is 38.1. The standard InChI is InChI=1S/C55H41NS2.C2H6/c1-2-5-13-37(12-4-1)39-20-26-43(27-21-39)56(44-28-22-40(23-29-44)38-14-6-3-7-15-38)45-30-31-46(41-24-32-54-50(34-41)47-16-8-10-18-52(47)57-54)49(36-45)42-25-33-55-51(35-42)48-17-9-11-19-53(48)58-55;1-2/h3-4,6-36,48,53H,1-2,5H2;1-2H3. The summed E-state index contributed by atoms with van der Waals surface area (Å²) in [6, 6.07) is 59.0. The van der Waals surface area contributed by atoms with Crippen molar-refractivity contribution in [3.63, 3.8) is 0 Å². The van der Waals surface area contributed by atoms with E-state index >= 15 is 0 Å². The van der Waals surface area contributed by atoms with E-state index in [0.717, 1.165) is 29.9 Å². The molecule has 3 aliphatic rings. The van der Waals surface area contributed by atoms with E-state index in [1.807, 2.05) is 36.9 Å². The minimum absolute atomic E-state index is 0.390. The summed E-state index contributed by atoms with van der Waals surface area (Å²) < 4.78 is 2.65. The fraction of sp³-hybridized carbons (Fsp3) is 0.123. The smallest absolute Gasteiger partial charge is 0.0468 e. The molecule has 0 N–H and O–H groups in total. The average molecular weight is 810 g/mol. The summed E-state index contributed by atoms with van der Waals surface area (Å²) in [7, 11) is 0. The minimum Gasteiger partial charge on any atom is -0.310 e. The molecule has 11 rings (SSSR count). The van der Waals surface area contributed by atoms with Gasteiger partial charge in [-0.2, -0.15) is 0 Å². The third kappa shape index (κ3) is 7.27. The molecule has 0 saturated carbocycles. The summed E-state index contributed by atoms with van der Waals surface area (Å²) in [5, 5.41) is 3.10. The fourth-order valence-electron chi connectivity index (χ4n) is 8.94. The number of nitrogens with zero attached hydrogens (tertiary/aromatic N) is 1. The molecule has 0 fully saturated rings. The number of hydrogen-bond donors (Lipinski definition) is 0. The maximum Gasteiger partial charge on any atom is 0.0468 e. The van der Waals surface area contributed by atoms with Gasteiger partial charge in [-0.25, -0.2) is 0 Å². The molecule has 2 unspecified atom stereocenters. The van der Waals surface area contributed by atoms with Gasteiger partial charge in [-0.05, 0) is 136 Å². The van der Waals surface area contributed by atoms with Crippen LogP contribution in [-0.4, -0.2) is 5.25 Å². The molecule has 0 saturated heterocycles. The Labute approximate surface area is 362 Å². The molecule has 1 aliphatic heterocycles. The van der Waals surface area contributed by atoms with Crippen molar-refractivity contribution in [3.8, 4) is 33.4 Å². The normalized spacial score (nSPS) is 16.5. The van der Waals surface area contributed by atoms with E-state index in [1.165, 1.54) is 81.6 Å². The van der Waals surface area contributed by atoms with Crippen LogP contribution in [0.1, 0.15) is 50.2 Å². The summed E-state index contributed by atoms with van der Waals surface area (Å²) >= 11 is 3.86. The van der Waals surface area contributed by atoms with Crippen LogP contribution in [0.2, 0.25) is 0 Å². The second-order valence-electron chi connectivity index (χ2n) is 15.5. The zero-order valence-electron chi connectivity index (χ0n) is 34.1. The van der Waals surface area contributed by atoms with Crippen LogP contribution in [-0.2, 0) is 0 Å². The van der Waals surface area contributed by atoms with Crippen molar-refractivity contribution >= 4 is 65.9 Å². The Morgan fingerprint density at radius 2 is 1.18 bits per heavy atom. The predicted octanol–water partition coefficient (Wildman–Crippen LogP) is 17.4. The second-order valence-corrected chi connectivity index (χ2v) is 17.8. The van der Waals surface area contributed by atoms with Gasteiger partial charge in [0.25, 0.3) is 0 Å². The third-order valence-corrected chi connectivity index (χ3v) is 14.4. The Morgan fingerprint density at radius 1 is 0.517 bits per heavy atom. The molecule has 3 heteroatoms. The first-order chi connectivity index (χ1) is 29.7. The number of anilines is 3. The zero-order chi connectivity index (χ0) is 40.4. The highest BCUT2D eigenvalue weighted by atomic mass is 32.2. The van der Waals surface area contributed by atoms with Crippen LogP contribution in [0.3, 0.4) is 0 Å². The van der Waals surface area contributed by atoms with Crippen molar-refractivity contribution in [1.29, 1.82) is 0 Å². The van der Waals surface area contributed by atoms with Crippen LogP contribution in [0.15, 0.2) is 205 Å². The van der Waals surface area contributed by atoms with Crippen LogP contribution in [0.4, 0.5) is 17.1 Å². The highest BCUT2D eigenvalue weighted by molar-refractivity contribution is 8.00. The largest absolute Gasteiger partial charge is 0.310 e. The average Bonchev–Trinajstić information content (AvgIpc) is 3.75. The Balaban J connectivity index is 0.00000213. The minimum atomic E-state index is 0.390. The van der Waals surface area contributed by atoms with Crippen LogP contribution >= 0.6 is 23.1 Å². The van der Waals surface area contributed by atoms with Crippen LogP contribution < -0.4 is 4.90 Å². The van der Waals surface area contributed by atoms with E-state index < -0.39 is 0 Å². The van der Waals surface area contributed by atoms with Crippen molar-refractivity contribution in [3.05, 3.63) is 211 Å². The van der Waals surface area contributed by atoms with Crippen LogP contribution in [0.25, 0.3) is 59.1 Å². The van der Waals surface area contributed by atoms with Crippen molar-refractivity contribution in [2.45, 2.75) is 49.2 Å². The topological polar surface area (TPSA) is 3.24 Å². The van der Waals surface area contributed by atoms with Crippen LogP contribution in [0.5, 0.6) is 0 Å². The SMILES string of the molecule is C1=CC2Sc3ccc(-c4cc(N(c5ccc(C6=CCCCC=C6)cc5)c5ccc(-c6ccccc6)cc5)ccc4-c4ccc5sc6ccccc6c5c4)cc3C2C=C1.CC. The highest BCUT2D eigenvalue weighted by Gasteiger charge is 2.31. The number of thiophene rings is 1. The number of benzene rings is 7. The number of allylic oxidation sites excluding steroid dienone is 7. The Kier molecular flexibility index (Phi) is 10.7. The lowest BCUT2D eigenvalue weighted by Crippen LogP contribution is -2.10. The van der Waals surface area contributed by atoms with Gasteiger partial charge in [0.15, 0.2) is 0 Å². The summed E-state index contributed by atoms with van der Waals surface area (Å²) in [6.07, 6.45) is 19.6. The molecule has 0 radical (unpaired) electrons. The molecule has 8 aromatic rings. The molecule has 7 aromatic carbocycles. The Bertz CT molecular complexity index is 2950. The Hall–Kier alpha value is -6.13. The van der Waals surface area contributed by atoms with E-state index in [0.29, 0.717) is 11.2 Å². The lowest BCUT2D eigenvalue weighted by Gasteiger charge is -2.27. The van der Waals surface area contributed by atoms with E-state index in [9.17, 15) is 0 Å². The van der Waals surface area contributed by atoms with Crippen molar-refractivity contribution in [2.24, 2.45) is 0 Å². The first-order valence-electron chi connectivity index (χ1n) is 21.4. The lowest BCUT2D eigenvalue weighted by atomic mass is 9.88. The molecule has 2 heterocycles. The molecule has 0 bridgehead atoms. The number of fused-ring (bicyclic) bond motifs is 6. The second kappa shape index (κ2) is 16.9. The molecular formula is C57H47NS2. The van der Waals surface area contributed by atoms with E-state index in [1.54, 1.807) is 0 Å². The van der Waals surface area contributed by atoms with Crippen LogP contribution in [0, 0.1) is 0 Å². The molecule has 1 nitrogen and oxygen atoms in total. The van der Waals surface area contributed by atoms with Gasteiger partial charge in [0.05, 0.1) is 0 Å². The fourth-order valence-corrected chi connectivity index (χ4v) is 11.3. The van der Waals surface area contributed by atoms with Crippen molar-refractivity contribution in [1.82, 2.24) is 0 Å². The molecule has 2 atom stereocenters. The van der Waals surface area contributed by atoms with E-state index in [2.05, 4.69) is 205 Å². The number of rotatable bonds is 7. The maximum atomic E-state index is 2.47. The van der Waals surface area contributed by atoms with Gasteiger partial charge in [-0.1, -0.05) is 147 Å². The highest BCUT2D eigenvalue weighted by Crippen LogP contribution is 2.50. The maximum absolute atomic E-state index is 2.47.